The molecule has 9 heteroatoms. The van der Waals surface area contributed by atoms with Crippen LogP contribution in [0.1, 0.15) is 6.92 Å². The van der Waals surface area contributed by atoms with E-state index in [1.165, 1.54) is 6.92 Å². The number of nitrogens with zero attached hydrogens (tertiary/aromatic N) is 2. The molecule has 1 saturated heterocycles. The Hall–Kier alpha value is -1.90. The van der Waals surface area contributed by atoms with Gasteiger partial charge in [-0.1, -0.05) is 0 Å². The highest BCUT2D eigenvalue weighted by molar-refractivity contribution is 5.54. The Morgan fingerprint density at radius 1 is 1.45 bits per heavy atom. The van der Waals surface area contributed by atoms with Crippen LogP contribution in [0.25, 0.3) is 0 Å². The number of alkyl halides is 3. The monoisotopic (exact) mass is 294 g/mol. The lowest BCUT2D eigenvalue weighted by Gasteiger charge is -2.29. The second-order valence-corrected chi connectivity index (χ2v) is 4.38. The average molecular weight is 294 g/mol. The molecule has 1 aromatic carbocycles. The first kappa shape index (κ1) is 14.5. The third kappa shape index (κ3) is 2.53. The predicted octanol–water partition coefficient (Wildman–Crippen LogP) is 2.85. The number of nitro benzene ring substituents is 1. The molecular formula is C11H10F4N2O3. The first-order valence-electron chi connectivity index (χ1n) is 5.62. The van der Waals surface area contributed by atoms with Crippen LogP contribution in [0.5, 0.6) is 0 Å². The lowest BCUT2D eigenvalue weighted by molar-refractivity contribution is -0.385. The minimum atomic E-state index is -4.68. The summed E-state index contributed by atoms with van der Waals surface area (Å²) >= 11 is 0. The Bertz CT molecular complexity index is 535. The van der Waals surface area contributed by atoms with Gasteiger partial charge in [0.25, 0.3) is 5.69 Å². The number of ether oxygens (including phenoxy) is 1. The Balaban J connectivity index is 2.41. The summed E-state index contributed by atoms with van der Waals surface area (Å²) < 4.78 is 56.9. The number of hydrogen-bond donors (Lipinski definition) is 0. The van der Waals surface area contributed by atoms with Crippen LogP contribution in [0.15, 0.2) is 18.2 Å². The number of rotatable bonds is 2. The maximum Gasteiger partial charge on any atom is 0.433 e. The highest BCUT2D eigenvalue weighted by atomic mass is 19.4. The summed E-state index contributed by atoms with van der Waals surface area (Å²) in [6.07, 6.45) is -6.94. The predicted molar refractivity (Wildman–Crippen MR) is 60.8 cm³/mol. The fourth-order valence-electron chi connectivity index (χ4n) is 2.06. The van der Waals surface area contributed by atoms with Crippen molar-refractivity contribution in [2.45, 2.75) is 25.4 Å². The van der Waals surface area contributed by atoms with Crippen molar-refractivity contribution >= 4 is 11.4 Å². The van der Waals surface area contributed by atoms with E-state index >= 15 is 0 Å². The molecule has 0 saturated carbocycles. The van der Waals surface area contributed by atoms with Crippen molar-refractivity contribution in [2.24, 2.45) is 0 Å². The summed E-state index contributed by atoms with van der Waals surface area (Å²) in [4.78, 5) is 10.4. The van der Waals surface area contributed by atoms with E-state index in [0.717, 1.165) is 17.0 Å². The molecule has 1 heterocycles. The number of nitro groups is 1. The zero-order valence-electron chi connectivity index (χ0n) is 10.2. The number of benzene rings is 1. The van der Waals surface area contributed by atoms with Crippen LogP contribution >= 0.6 is 0 Å². The van der Waals surface area contributed by atoms with Crippen LogP contribution in [0.3, 0.4) is 0 Å². The lowest BCUT2D eigenvalue weighted by Crippen LogP contribution is -2.45. The van der Waals surface area contributed by atoms with E-state index < -0.39 is 34.9 Å². The smallest absolute Gasteiger partial charge is 0.348 e. The lowest BCUT2D eigenvalue weighted by atomic mass is 10.2. The van der Waals surface area contributed by atoms with Gasteiger partial charge in [-0.15, -0.1) is 0 Å². The van der Waals surface area contributed by atoms with E-state index in [-0.39, 0.29) is 12.3 Å². The number of hydrogen-bond acceptors (Lipinski definition) is 4. The van der Waals surface area contributed by atoms with Gasteiger partial charge in [0.1, 0.15) is 0 Å². The van der Waals surface area contributed by atoms with Crippen molar-refractivity contribution in [2.75, 3.05) is 11.5 Å². The fraction of sp³-hybridized carbons (Fsp3) is 0.455. The zero-order chi connectivity index (χ0) is 15.1. The molecule has 0 unspecified atom stereocenters. The Morgan fingerprint density at radius 3 is 2.60 bits per heavy atom. The van der Waals surface area contributed by atoms with Gasteiger partial charge < -0.3 is 9.64 Å². The Kier molecular flexibility index (Phi) is 3.55. The van der Waals surface area contributed by atoms with Gasteiger partial charge in [-0.05, 0) is 13.0 Å². The van der Waals surface area contributed by atoms with Gasteiger partial charge in [-0.3, -0.25) is 10.1 Å². The molecular weight excluding hydrogens is 284 g/mol. The van der Waals surface area contributed by atoms with Crippen LogP contribution in [0.2, 0.25) is 0 Å². The highest BCUT2D eigenvalue weighted by Crippen LogP contribution is 2.37. The first-order valence-corrected chi connectivity index (χ1v) is 5.62. The summed E-state index contributed by atoms with van der Waals surface area (Å²) in [5, 5.41) is 10.5. The largest absolute Gasteiger partial charge is 0.433 e. The molecule has 0 aromatic heterocycles. The van der Waals surface area contributed by atoms with Crippen LogP contribution in [-0.4, -0.2) is 30.0 Å². The number of anilines is 1. The van der Waals surface area contributed by atoms with E-state index in [2.05, 4.69) is 4.74 Å². The van der Waals surface area contributed by atoms with Crippen LogP contribution in [0.4, 0.5) is 28.9 Å². The summed E-state index contributed by atoms with van der Waals surface area (Å²) in [6, 6.07) is 1.81. The second kappa shape index (κ2) is 4.89. The molecule has 0 amide bonds. The summed E-state index contributed by atoms with van der Waals surface area (Å²) in [5.41, 5.74) is -0.898. The average Bonchev–Trinajstić information content (AvgIpc) is 2.70. The minimum absolute atomic E-state index is 0.208. The van der Waals surface area contributed by atoms with Gasteiger partial charge in [0.2, 0.25) is 6.23 Å². The van der Waals surface area contributed by atoms with E-state index in [1.54, 1.807) is 0 Å². The van der Waals surface area contributed by atoms with Gasteiger partial charge in [0.15, 0.2) is 5.82 Å². The topological polar surface area (TPSA) is 55.6 Å². The van der Waals surface area contributed by atoms with Crippen LogP contribution < -0.4 is 4.90 Å². The SMILES string of the molecule is C[C@@H]1CO[C@@H](C(F)(F)F)N1c1ccc([N+](=O)[O-])cc1F. The zero-order valence-corrected chi connectivity index (χ0v) is 10.2. The van der Waals surface area contributed by atoms with Gasteiger partial charge in [0.05, 0.1) is 29.3 Å². The van der Waals surface area contributed by atoms with Crippen molar-refractivity contribution < 1.29 is 27.2 Å². The molecule has 0 spiro atoms. The Morgan fingerprint density at radius 2 is 2.10 bits per heavy atom. The van der Waals surface area contributed by atoms with Gasteiger partial charge in [0, 0.05) is 6.07 Å². The molecule has 0 N–H and O–H groups in total. The molecule has 20 heavy (non-hydrogen) atoms. The normalized spacial score (nSPS) is 23.1. The highest BCUT2D eigenvalue weighted by Gasteiger charge is 2.50. The van der Waals surface area contributed by atoms with Crippen molar-refractivity contribution in [1.29, 1.82) is 0 Å². The maximum atomic E-state index is 13.8. The molecule has 1 aliphatic rings. The molecule has 110 valence electrons. The molecule has 5 nitrogen and oxygen atoms in total. The molecule has 1 aromatic rings. The summed E-state index contributed by atoms with van der Waals surface area (Å²) in [6.45, 7) is 1.24. The third-order valence-electron chi connectivity index (χ3n) is 2.92. The van der Waals surface area contributed by atoms with Crippen LogP contribution in [-0.2, 0) is 4.74 Å². The summed E-state index contributed by atoms with van der Waals surface area (Å²) in [5.74, 6) is -1.09. The molecule has 1 fully saturated rings. The Labute approximate surface area is 110 Å². The maximum absolute atomic E-state index is 13.8. The van der Waals surface area contributed by atoms with E-state index in [9.17, 15) is 27.7 Å². The van der Waals surface area contributed by atoms with Crippen LogP contribution in [0, 0.1) is 15.9 Å². The van der Waals surface area contributed by atoms with Gasteiger partial charge in [-0.2, -0.15) is 13.2 Å². The molecule has 0 bridgehead atoms. The molecule has 0 aliphatic carbocycles. The third-order valence-corrected chi connectivity index (χ3v) is 2.92. The van der Waals surface area contributed by atoms with E-state index in [1.807, 2.05) is 0 Å². The number of halogens is 4. The standard InChI is InChI=1S/C11H10F4N2O3/c1-6-5-20-10(11(13,14)15)16(6)9-3-2-7(17(18)19)4-8(9)12/h2-4,6,10H,5H2,1H3/t6-,10+/m1/s1. The first-order chi connectivity index (χ1) is 9.21. The molecule has 2 rings (SSSR count). The minimum Gasteiger partial charge on any atom is -0.348 e. The number of non-ortho nitro benzene ring substituents is 1. The van der Waals surface area contributed by atoms with Crippen molar-refractivity contribution in [3.8, 4) is 0 Å². The van der Waals surface area contributed by atoms with Crippen molar-refractivity contribution in [1.82, 2.24) is 0 Å². The van der Waals surface area contributed by atoms with E-state index in [0.29, 0.717) is 6.07 Å². The van der Waals surface area contributed by atoms with Crippen molar-refractivity contribution in [3.05, 3.63) is 34.1 Å². The quantitative estimate of drug-likeness (QED) is 0.478. The molecule has 0 radical (unpaired) electrons. The van der Waals surface area contributed by atoms with Crippen molar-refractivity contribution in [3.63, 3.8) is 0 Å². The summed E-state index contributed by atoms with van der Waals surface area (Å²) in [7, 11) is 0. The van der Waals surface area contributed by atoms with Gasteiger partial charge in [-0.25, -0.2) is 4.39 Å². The van der Waals surface area contributed by atoms with Gasteiger partial charge >= 0.3 is 6.18 Å². The van der Waals surface area contributed by atoms with E-state index in [4.69, 9.17) is 0 Å². The second-order valence-electron chi connectivity index (χ2n) is 4.38. The molecule has 2 atom stereocenters. The fourth-order valence-corrected chi connectivity index (χ4v) is 2.06. The molecule has 1 aliphatic heterocycles.